The molecule has 1 aliphatic heterocycles. The van der Waals surface area contributed by atoms with Gasteiger partial charge in [0.2, 0.25) is 0 Å². The fraction of sp³-hybridized carbons (Fsp3) is 0.727. The van der Waals surface area contributed by atoms with Crippen LogP contribution in [0.3, 0.4) is 0 Å². The van der Waals surface area contributed by atoms with Crippen LogP contribution in [0.4, 0.5) is 0 Å². The molecule has 4 unspecified atom stereocenters. The van der Waals surface area contributed by atoms with Gasteiger partial charge in [-0.1, -0.05) is 51.1 Å². The summed E-state index contributed by atoms with van der Waals surface area (Å²) in [5.41, 5.74) is 2.45. The van der Waals surface area contributed by atoms with Crippen LogP contribution in [0, 0.1) is 16.7 Å². The average Bonchev–Trinajstić information content (AvgIpc) is 3.04. The third-order valence-electron chi connectivity index (χ3n) is 7.43. The van der Waals surface area contributed by atoms with Crippen LogP contribution in [0.1, 0.15) is 58.4 Å². The second-order valence-corrected chi connectivity index (χ2v) is 9.57. The highest BCUT2D eigenvalue weighted by molar-refractivity contribution is 5.15. The Bertz CT molecular complexity index is 562. The molecule has 2 bridgehead atoms. The van der Waals surface area contributed by atoms with E-state index in [4.69, 9.17) is 0 Å². The van der Waals surface area contributed by atoms with E-state index in [9.17, 15) is 0 Å². The summed E-state index contributed by atoms with van der Waals surface area (Å²) < 4.78 is 0. The van der Waals surface area contributed by atoms with E-state index < -0.39 is 0 Å². The van der Waals surface area contributed by atoms with Crippen molar-refractivity contribution in [1.29, 1.82) is 0 Å². The number of nitrogens with one attached hydrogen (secondary N) is 1. The predicted octanol–water partition coefficient (Wildman–Crippen LogP) is 4.46. The predicted molar refractivity (Wildman–Crippen MR) is 101 cm³/mol. The van der Waals surface area contributed by atoms with Crippen molar-refractivity contribution >= 4 is 0 Å². The first kappa shape index (κ1) is 16.6. The Hall–Kier alpha value is -0.860. The molecule has 1 aromatic rings. The lowest BCUT2D eigenvalue weighted by Crippen LogP contribution is -2.57. The average molecular weight is 327 g/mol. The van der Waals surface area contributed by atoms with Crippen LogP contribution in [0.5, 0.6) is 0 Å². The molecular weight excluding hydrogens is 292 g/mol. The van der Waals surface area contributed by atoms with E-state index >= 15 is 0 Å². The molecule has 1 N–H and O–H groups in total. The highest BCUT2D eigenvalue weighted by atomic mass is 15.2. The van der Waals surface area contributed by atoms with Gasteiger partial charge >= 0.3 is 0 Å². The maximum absolute atomic E-state index is 4.15. The molecule has 1 saturated heterocycles. The van der Waals surface area contributed by atoms with E-state index in [1.54, 1.807) is 0 Å². The molecule has 0 aromatic heterocycles. The lowest BCUT2D eigenvalue weighted by atomic mass is 9.68. The molecule has 0 amide bonds. The SMILES string of the molecule is CC12CCC(C1)C(C)(C)C2NC1CCCN(Cc2ccccc2)C1. The van der Waals surface area contributed by atoms with Crippen LogP contribution in [0.25, 0.3) is 0 Å². The van der Waals surface area contributed by atoms with E-state index in [1.807, 2.05) is 0 Å². The highest BCUT2D eigenvalue weighted by Crippen LogP contribution is 2.62. The number of hydrogen-bond donors (Lipinski definition) is 1. The van der Waals surface area contributed by atoms with Crippen molar-refractivity contribution in [3.63, 3.8) is 0 Å². The summed E-state index contributed by atoms with van der Waals surface area (Å²) in [5.74, 6) is 0.934. The number of hydrogen-bond acceptors (Lipinski definition) is 2. The van der Waals surface area contributed by atoms with Crippen LogP contribution in [-0.4, -0.2) is 30.1 Å². The summed E-state index contributed by atoms with van der Waals surface area (Å²) in [7, 11) is 0. The molecule has 2 nitrogen and oxygen atoms in total. The number of nitrogens with zero attached hydrogens (tertiary/aromatic N) is 1. The van der Waals surface area contributed by atoms with E-state index in [-0.39, 0.29) is 0 Å². The molecule has 24 heavy (non-hydrogen) atoms. The Morgan fingerprint density at radius 2 is 1.92 bits per heavy atom. The van der Waals surface area contributed by atoms with E-state index in [0.29, 0.717) is 22.9 Å². The lowest BCUT2D eigenvalue weighted by Gasteiger charge is -2.46. The minimum Gasteiger partial charge on any atom is -0.309 e. The second-order valence-electron chi connectivity index (χ2n) is 9.57. The molecular formula is C22H34N2. The summed E-state index contributed by atoms with van der Waals surface area (Å²) in [6.45, 7) is 11.1. The molecule has 2 heteroatoms. The lowest BCUT2D eigenvalue weighted by molar-refractivity contribution is 0.0786. The third-order valence-corrected chi connectivity index (χ3v) is 7.43. The minimum atomic E-state index is 0.467. The maximum atomic E-state index is 4.15. The summed E-state index contributed by atoms with van der Waals surface area (Å²) in [6.07, 6.45) is 7.00. The molecule has 2 aliphatic carbocycles. The quantitative estimate of drug-likeness (QED) is 0.879. The van der Waals surface area contributed by atoms with Crippen molar-refractivity contribution in [3.8, 4) is 0 Å². The van der Waals surface area contributed by atoms with Gasteiger partial charge in [0, 0.05) is 25.2 Å². The second kappa shape index (κ2) is 6.14. The molecule has 0 spiro atoms. The molecule has 3 aliphatic rings. The van der Waals surface area contributed by atoms with Gasteiger partial charge in [-0.3, -0.25) is 4.90 Å². The molecule has 2 saturated carbocycles. The van der Waals surface area contributed by atoms with Crippen molar-refractivity contribution in [1.82, 2.24) is 10.2 Å². The number of benzene rings is 1. The molecule has 132 valence electrons. The van der Waals surface area contributed by atoms with E-state index in [0.717, 1.165) is 12.5 Å². The monoisotopic (exact) mass is 326 g/mol. The zero-order chi connectivity index (χ0) is 16.8. The molecule has 4 rings (SSSR count). The van der Waals surface area contributed by atoms with Crippen LogP contribution >= 0.6 is 0 Å². The summed E-state index contributed by atoms with van der Waals surface area (Å²) >= 11 is 0. The summed E-state index contributed by atoms with van der Waals surface area (Å²) in [5, 5.41) is 4.15. The first-order valence-corrected chi connectivity index (χ1v) is 10.00. The zero-order valence-corrected chi connectivity index (χ0v) is 15.7. The minimum absolute atomic E-state index is 0.467. The van der Waals surface area contributed by atoms with Gasteiger partial charge in [-0.25, -0.2) is 0 Å². The van der Waals surface area contributed by atoms with Crippen molar-refractivity contribution in [2.75, 3.05) is 13.1 Å². The van der Waals surface area contributed by atoms with Crippen molar-refractivity contribution in [3.05, 3.63) is 35.9 Å². The van der Waals surface area contributed by atoms with Crippen molar-refractivity contribution < 1.29 is 0 Å². The van der Waals surface area contributed by atoms with Gasteiger partial charge in [0.1, 0.15) is 0 Å². The molecule has 3 fully saturated rings. The fourth-order valence-corrected chi connectivity index (χ4v) is 6.13. The molecule has 1 aromatic carbocycles. The fourth-order valence-electron chi connectivity index (χ4n) is 6.13. The van der Waals surface area contributed by atoms with Gasteiger partial charge in [0.25, 0.3) is 0 Å². The van der Waals surface area contributed by atoms with Gasteiger partial charge in [-0.15, -0.1) is 0 Å². The Labute approximate surface area is 148 Å². The zero-order valence-electron chi connectivity index (χ0n) is 15.7. The number of fused-ring (bicyclic) bond motifs is 2. The molecule has 0 radical (unpaired) electrons. The van der Waals surface area contributed by atoms with Crippen molar-refractivity contribution in [2.24, 2.45) is 16.7 Å². The topological polar surface area (TPSA) is 15.3 Å². The number of piperidine rings is 1. The normalized spacial score (nSPS) is 38.5. The summed E-state index contributed by atoms with van der Waals surface area (Å²) in [6, 6.07) is 12.3. The third kappa shape index (κ3) is 2.93. The maximum Gasteiger partial charge on any atom is 0.0234 e. The Morgan fingerprint density at radius 3 is 2.62 bits per heavy atom. The Kier molecular flexibility index (Phi) is 4.25. The van der Waals surface area contributed by atoms with Crippen LogP contribution in [-0.2, 0) is 6.54 Å². The first-order chi connectivity index (χ1) is 11.5. The number of likely N-dealkylation sites (tertiary alicyclic amines) is 1. The highest BCUT2D eigenvalue weighted by Gasteiger charge is 2.59. The van der Waals surface area contributed by atoms with Gasteiger partial charge in [-0.2, -0.15) is 0 Å². The van der Waals surface area contributed by atoms with Gasteiger partial charge in [0.05, 0.1) is 0 Å². The Morgan fingerprint density at radius 1 is 1.12 bits per heavy atom. The standard InChI is InChI=1S/C22H34N2/c1-21(2)18-11-12-22(3,14-18)20(21)23-19-10-7-13-24(16-19)15-17-8-5-4-6-9-17/h4-6,8-9,18-20,23H,7,10-16H2,1-3H3. The van der Waals surface area contributed by atoms with E-state index in [2.05, 4.69) is 61.3 Å². The van der Waals surface area contributed by atoms with Crippen LogP contribution in [0.15, 0.2) is 30.3 Å². The van der Waals surface area contributed by atoms with Crippen LogP contribution < -0.4 is 5.32 Å². The molecule has 4 atom stereocenters. The summed E-state index contributed by atoms with van der Waals surface area (Å²) in [4.78, 5) is 2.65. The number of rotatable bonds is 4. The van der Waals surface area contributed by atoms with Gasteiger partial charge in [0.15, 0.2) is 0 Å². The van der Waals surface area contributed by atoms with Gasteiger partial charge in [-0.05, 0) is 61.0 Å². The smallest absolute Gasteiger partial charge is 0.0234 e. The van der Waals surface area contributed by atoms with Crippen molar-refractivity contribution in [2.45, 2.75) is 71.5 Å². The Balaban J connectivity index is 1.40. The van der Waals surface area contributed by atoms with Gasteiger partial charge < -0.3 is 5.32 Å². The molecule has 1 heterocycles. The van der Waals surface area contributed by atoms with Crippen LogP contribution in [0.2, 0.25) is 0 Å². The first-order valence-electron chi connectivity index (χ1n) is 10.00. The van der Waals surface area contributed by atoms with E-state index in [1.165, 1.54) is 50.8 Å². The largest absolute Gasteiger partial charge is 0.309 e.